The van der Waals surface area contributed by atoms with E-state index in [1.165, 1.54) is 11.8 Å². The molecule has 0 radical (unpaired) electrons. The molecule has 4 rings (SSSR count). The normalized spacial score (nSPS) is 19.8. The number of carbonyl (C=O) groups is 3. The number of thioether (sulfide) groups is 2. The molecule has 2 atom stereocenters. The third-order valence-electron chi connectivity index (χ3n) is 4.46. The lowest BCUT2D eigenvalue weighted by atomic mass is 10.2. The molecule has 0 saturated carbocycles. The Morgan fingerprint density at radius 1 is 0.939 bits per heavy atom. The van der Waals surface area contributed by atoms with Gasteiger partial charge in [0.15, 0.2) is 0 Å². The first-order valence-electron chi connectivity index (χ1n) is 10.4. The van der Waals surface area contributed by atoms with Crippen LogP contribution in [-0.4, -0.2) is 47.1 Å². The van der Waals surface area contributed by atoms with E-state index < -0.39 is 23.8 Å². The highest BCUT2D eigenvalue weighted by Crippen LogP contribution is 2.31. The van der Waals surface area contributed by atoms with Gasteiger partial charge in [-0.2, -0.15) is 0 Å². The number of nitrogens with one attached hydrogen (secondary N) is 3. The molecule has 0 aliphatic carbocycles. The standard InChI is InChI=1S/C14H18N2O3S.C9H10N2OS/c1-14(2,3)19-13(18)16-10-8-20-11-7-5-4-6-9(11)15-12(10)17;10-6-5-13-8-4-2-1-3-7(8)11-9(6)12/h4-7,10H,8H2,1-3H3,(H,15,17)(H,16,18);1-4,6H,5,10H2,(H,11,12). The van der Waals surface area contributed by atoms with Crippen LogP contribution in [0.3, 0.4) is 0 Å². The first-order valence-corrected chi connectivity index (χ1v) is 12.4. The van der Waals surface area contributed by atoms with Crippen molar-refractivity contribution in [3.05, 3.63) is 48.5 Å². The number of para-hydroxylation sites is 2. The van der Waals surface area contributed by atoms with Crippen LogP contribution in [0.1, 0.15) is 20.8 Å². The lowest BCUT2D eigenvalue weighted by molar-refractivity contribution is -0.118. The Bertz CT molecular complexity index is 1030. The van der Waals surface area contributed by atoms with Gasteiger partial charge >= 0.3 is 6.09 Å². The second kappa shape index (κ2) is 11.0. The molecule has 0 fully saturated rings. The average molecular weight is 489 g/mol. The lowest BCUT2D eigenvalue weighted by Crippen LogP contribution is -2.46. The van der Waals surface area contributed by atoms with E-state index in [0.29, 0.717) is 11.5 Å². The molecule has 2 aromatic carbocycles. The number of ether oxygens (including phenoxy) is 1. The third kappa shape index (κ3) is 7.41. The van der Waals surface area contributed by atoms with Crippen LogP contribution in [0.15, 0.2) is 58.3 Å². The molecule has 2 unspecified atom stereocenters. The van der Waals surface area contributed by atoms with Crippen molar-refractivity contribution in [2.24, 2.45) is 5.73 Å². The van der Waals surface area contributed by atoms with Gasteiger partial charge in [-0.05, 0) is 45.0 Å². The maximum absolute atomic E-state index is 12.1. The van der Waals surface area contributed by atoms with Gasteiger partial charge in [-0.3, -0.25) is 9.59 Å². The molecule has 5 N–H and O–H groups in total. The van der Waals surface area contributed by atoms with Crippen molar-refractivity contribution in [2.45, 2.75) is 48.2 Å². The van der Waals surface area contributed by atoms with Crippen molar-refractivity contribution in [1.82, 2.24) is 5.32 Å². The minimum absolute atomic E-state index is 0.0996. The summed E-state index contributed by atoms with van der Waals surface area (Å²) in [6, 6.07) is 14.3. The summed E-state index contributed by atoms with van der Waals surface area (Å²) in [5, 5.41) is 8.20. The van der Waals surface area contributed by atoms with Crippen molar-refractivity contribution in [2.75, 3.05) is 22.1 Å². The third-order valence-corrected chi connectivity index (χ3v) is 6.82. The molecule has 8 nitrogen and oxygen atoms in total. The number of benzene rings is 2. The summed E-state index contributed by atoms with van der Waals surface area (Å²) in [5.41, 5.74) is 6.68. The van der Waals surface area contributed by atoms with Crippen molar-refractivity contribution < 1.29 is 19.1 Å². The number of nitrogens with two attached hydrogens (primary N) is 1. The zero-order valence-corrected chi connectivity index (χ0v) is 20.3. The number of rotatable bonds is 1. The van der Waals surface area contributed by atoms with Gasteiger partial charge in [0.05, 0.1) is 17.4 Å². The summed E-state index contributed by atoms with van der Waals surface area (Å²) >= 11 is 3.14. The van der Waals surface area contributed by atoms with Gasteiger partial charge < -0.3 is 26.4 Å². The summed E-state index contributed by atoms with van der Waals surface area (Å²) in [6.07, 6.45) is -0.579. The zero-order chi connectivity index (χ0) is 24.0. The Kier molecular flexibility index (Phi) is 8.28. The molecule has 176 valence electrons. The Morgan fingerprint density at radius 2 is 1.45 bits per heavy atom. The van der Waals surface area contributed by atoms with Crippen molar-refractivity contribution >= 4 is 52.8 Å². The maximum Gasteiger partial charge on any atom is 0.408 e. The van der Waals surface area contributed by atoms with Crippen LogP contribution in [0.2, 0.25) is 0 Å². The molecular formula is C23H28N4O4S2. The molecule has 2 aliphatic heterocycles. The highest BCUT2D eigenvalue weighted by atomic mass is 32.2. The first kappa shape index (κ1) is 24.9. The minimum atomic E-state index is -0.609. The van der Waals surface area contributed by atoms with E-state index in [1.807, 2.05) is 48.5 Å². The number of amides is 3. The fourth-order valence-corrected chi connectivity index (χ4v) is 4.89. The fourth-order valence-electron chi connectivity index (χ4n) is 2.90. The van der Waals surface area contributed by atoms with Gasteiger partial charge in [0.1, 0.15) is 11.6 Å². The summed E-state index contributed by atoms with van der Waals surface area (Å²) < 4.78 is 5.17. The smallest absolute Gasteiger partial charge is 0.408 e. The van der Waals surface area contributed by atoms with Crippen LogP contribution in [0, 0.1) is 0 Å². The van der Waals surface area contributed by atoms with E-state index in [9.17, 15) is 14.4 Å². The molecule has 0 aromatic heterocycles. The molecule has 0 bridgehead atoms. The molecule has 3 amide bonds. The SMILES string of the molecule is CC(C)(C)OC(=O)NC1CSc2ccccc2NC1=O.NC1CSc2ccccc2NC1=O. The summed E-state index contributed by atoms with van der Waals surface area (Å²) in [4.78, 5) is 37.2. The Labute approximate surface area is 201 Å². The van der Waals surface area contributed by atoms with E-state index in [2.05, 4.69) is 16.0 Å². The Balaban J connectivity index is 0.000000203. The number of hydrogen-bond acceptors (Lipinski definition) is 7. The van der Waals surface area contributed by atoms with Gasteiger partial charge in [-0.1, -0.05) is 24.3 Å². The highest BCUT2D eigenvalue weighted by molar-refractivity contribution is 7.99. The summed E-state index contributed by atoms with van der Waals surface area (Å²) in [6.45, 7) is 5.35. The second-order valence-electron chi connectivity index (χ2n) is 8.40. The average Bonchev–Trinajstić information content (AvgIpc) is 2.99. The molecular weight excluding hydrogens is 460 g/mol. The number of hydrogen-bond donors (Lipinski definition) is 4. The van der Waals surface area contributed by atoms with Gasteiger partial charge in [-0.25, -0.2) is 4.79 Å². The van der Waals surface area contributed by atoms with Crippen molar-refractivity contribution in [3.8, 4) is 0 Å². The number of anilines is 2. The molecule has 10 heteroatoms. The van der Waals surface area contributed by atoms with E-state index >= 15 is 0 Å². The van der Waals surface area contributed by atoms with Gasteiger partial charge in [0, 0.05) is 21.3 Å². The quantitative estimate of drug-likeness (QED) is 0.483. The molecule has 2 heterocycles. The van der Waals surface area contributed by atoms with Crippen LogP contribution < -0.4 is 21.7 Å². The zero-order valence-electron chi connectivity index (χ0n) is 18.7. The van der Waals surface area contributed by atoms with Crippen LogP contribution in [0.25, 0.3) is 0 Å². The largest absolute Gasteiger partial charge is 0.444 e. The minimum Gasteiger partial charge on any atom is -0.444 e. The lowest BCUT2D eigenvalue weighted by Gasteiger charge is -2.22. The van der Waals surface area contributed by atoms with Gasteiger partial charge in [-0.15, -0.1) is 23.5 Å². The van der Waals surface area contributed by atoms with E-state index in [0.717, 1.165) is 21.2 Å². The van der Waals surface area contributed by atoms with Crippen LogP contribution in [-0.2, 0) is 14.3 Å². The van der Waals surface area contributed by atoms with E-state index in [-0.39, 0.29) is 11.8 Å². The number of alkyl carbamates (subject to hydrolysis) is 1. The van der Waals surface area contributed by atoms with E-state index in [4.69, 9.17) is 10.5 Å². The maximum atomic E-state index is 12.1. The molecule has 2 aromatic rings. The topological polar surface area (TPSA) is 123 Å². The highest BCUT2D eigenvalue weighted by Gasteiger charge is 2.27. The monoisotopic (exact) mass is 488 g/mol. The van der Waals surface area contributed by atoms with Crippen LogP contribution in [0.5, 0.6) is 0 Å². The molecule has 2 aliphatic rings. The molecule has 0 spiro atoms. The predicted octanol–water partition coefficient (Wildman–Crippen LogP) is 3.68. The second-order valence-corrected chi connectivity index (χ2v) is 10.5. The molecule has 33 heavy (non-hydrogen) atoms. The summed E-state index contributed by atoms with van der Waals surface area (Å²) in [5.74, 6) is 0.788. The van der Waals surface area contributed by atoms with Crippen molar-refractivity contribution in [1.29, 1.82) is 0 Å². The van der Waals surface area contributed by atoms with E-state index in [1.54, 1.807) is 32.5 Å². The molecule has 0 saturated heterocycles. The Morgan fingerprint density at radius 3 is 2.03 bits per heavy atom. The first-order chi connectivity index (χ1) is 15.6. The predicted molar refractivity (Wildman–Crippen MR) is 133 cm³/mol. The van der Waals surface area contributed by atoms with Crippen LogP contribution in [0.4, 0.5) is 16.2 Å². The Hall–Kier alpha value is -2.69. The fraction of sp³-hybridized carbons (Fsp3) is 0.348. The van der Waals surface area contributed by atoms with Crippen molar-refractivity contribution in [3.63, 3.8) is 0 Å². The van der Waals surface area contributed by atoms with Gasteiger partial charge in [0.2, 0.25) is 11.8 Å². The van der Waals surface area contributed by atoms with Gasteiger partial charge in [0.25, 0.3) is 0 Å². The number of carbonyl (C=O) groups excluding carboxylic acids is 3. The summed E-state index contributed by atoms with van der Waals surface area (Å²) in [7, 11) is 0. The van der Waals surface area contributed by atoms with Crippen LogP contribution >= 0.6 is 23.5 Å². The number of fused-ring (bicyclic) bond motifs is 2.